The standard InChI is InChI=1S/C23H22N2O2/c1-14-10-11-18(12-15(14)2)16(3)24-21(26)13-25-20-9-5-7-17-6-4-8-19(22(17)20)23(25)27/h4-12,16H,13H2,1-3H3,(H,24,26)/t16-/m1/s1. The molecule has 0 bridgehead atoms. The topological polar surface area (TPSA) is 49.4 Å². The van der Waals surface area contributed by atoms with Crippen LogP contribution in [0.5, 0.6) is 0 Å². The molecule has 4 nitrogen and oxygen atoms in total. The molecule has 0 radical (unpaired) electrons. The second-order valence-electron chi connectivity index (χ2n) is 7.21. The largest absolute Gasteiger partial charge is 0.348 e. The Kier molecular flexibility index (Phi) is 4.19. The van der Waals surface area contributed by atoms with E-state index in [0.717, 1.165) is 22.0 Å². The number of rotatable bonds is 4. The molecule has 0 saturated heterocycles. The first-order chi connectivity index (χ1) is 13.0. The van der Waals surface area contributed by atoms with Crippen molar-refractivity contribution in [2.24, 2.45) is 0 Å². The van der Waals surface area contributed by atoms with Crippen molar-refractivity contribution >= 4 is 28.3 Å². The van der Waals surface area contributed by atoms with Gasteiger partial charge in [-0.2, -0.15) is 0 Å². The number of nitrogens with one attached hydrogen (secondary N) is 1. The van der Waals surface area contributed by atoms with Gasteiger partial charge in [0.1, 0.15) is 6.54 Å². The molecule has 3 aromatic rings. The zero-order valence-corrected chi connectivity index (χ0v) is 15.7. The minimum atomic E-state index is -0.168. The third kappa shape index (κ3) is 2.97. The molecule has 0 saturated carbocycles. The molecule has 4 heteroatoms. The van der Waals surface area contributed by atoms with Gasteiger partial charge in [0.05, 0.1) is 11.7 Å². The molecule has 0 spiro atoms. The van der Waals surface area contributed by atoms with Crippen molar-refractivity contribution in [1.29, 1.82) is 0 Å². The molecule has 3 aromatic carbocycles. The predicted octanol–water partition coefficient (Wildman–Crippen LogP) is 4.29. The smallest absolute Gasteiger partial charge is 0.259 e. The van der Waals surface area contributed by atoms with Gasteiger partial charge in [0.15, 0.2) is 0 Å². The van der Waals surface area contributed by atoms with Crippen molar-refractivity contribution in [1.82, 2.24) is 5.32 Å². The molecule has 0 aromatic heterocycles. The summed E-state index contributed by atoms with van der Waals surface area (Å²) in [4.78, 5) is 27.0. The Labute approximate surface area is 158 Å². The van der Waals surface area contributed by atoms with E-state index in [2.05, 4.69) is 31.3 Å². The van der Waals surface area contributed by atoms with E-state index in [-0.39, 0.29) is 24.4 Å². The zero-order valence-electron chi connectivity index (χ0n) is 15.7. The fourth-order valence-corrected chi connectivity index (χ4v) is 3.68. The number of hydrogen-bond acceptors (Lipinski definition) is 2. The Morgan fingerprint density at radius 3 is 2.52 bits per heavy atom. The second-order valence-corrected chi connectivity index (χ2v) is 7.21. The number of carbonyl (C=O) groups is 2. The van der Waals surface area contributed by atoms with Crippen LogP contribution in [0.4, 0.5) is 5.69 Å². The van der Waals surface area contributed by atoms with E-state index in [9.17, 15) is 9.59 Å². The molecule has 2 amide bonds. The summed E-state index contributed by atoms with van der Waals surface area (Å²) in [5.74, 6) is -0.283. The van der Waals surface area contributed by atoms with E-state index in [1.54, 1.807) is 4.90 Å². The monoisotopic (exact) mass is 358 g/mol. The highest BCUT2D eigenvalue weighted by atomic mass is 16.2. The molecule has 1 atom stereocenters. The highest BCUT2D eigenvalue weighted by molar-refractivity contribution is 6.26. The van der Waals surface area contributed by atoms with Crippen molar-refractivity contribution in [3.63, 3.8) is 0 Å². The molecule has 27 heavy (non-hydrogen) atoms. The summed E-state index contributed by atoms with van der Waals surface area (Å²) in [7, 11) is 0. The summed E-state index contributed by atoms with van der Waals surface area (Å²) in [6, 6.07) is 17.6. The Balaban J connectivity index is 1.53. The van der Waals surface area contributed by atoms with Gasteiger partial charge in [-0.3, -0.25) is 14.5 Å². The predicted molar refractivity (Wildman–Crippen MR) is 108 cm³/mol. The molecule has 0 aliphatic carbocycles. The number of aryl methyl sites for hydroxylation is 2. The quantitative estimate of drug-likeness (QED) is 0.756. The van der Waals surface area contributed by atoms with Gasteiger partial charge in [0, 0.05) is 10.9 Å². The fraction of sp³-hybridized carbons (Fsp3) is 0.217. The summed E-state index contributed by atoms with van der Waals surface area (Å²) in [6.45, 7) is 6.11. The first kappa shape index (κ1) is 17.3. The summed E-state index contributed by atoms with van der Waals surface area (Å²) in [5, 5.41) is 4.97. The maximum Gasteiger partial charge on any atom is 0.259 e. The average molecular weight is 358 g/mol. The lowest BCUT2D eigenvalue weighted by molar-refractivity contribution is -0.120. The van der Waals surface area contributed by atoms with Gasteiger partial charge >= 0.3 is 0 Å². The van der Waals surface area contributed by atoms with Crippen LogP contribution in [0.1, 0.15) is 40.0 Å². The van der Waals surface area contributed by atoms with Crippen LogP contribution in [0.15, 0.2) is 54.6 Å². The highest BCUT2D eigenvalue weighted by Crippen LogP contribution is 2.36. The Bertz CT molecular complexity index is 1070. The van der Waals surface area contributed by atoms with Crippen LogP contribution in [0, 0.1) is 13.8 Å². The number of amides is 2. The molecular weight excluding hydrogens is 336 g/mol. The minimum Gasteiger partial charge on any atom is -0.348 e. The second kappa shape index (κ2) is 6.54. The molecule has 0 unspecified atom stereocenters. The lowest BCUT2D eigenvalue weighted by Gasteiger charge is -2.20. The maximum atomic E-state index is 12.8. The molecule has 1 aliphatic rings. The normalized spacial score (nSPS) is 13.9. The minimum absolute atomic E-state index is 0.0157. The maximum absolute atomic E-state index is 12.8. The van der Waals surface area contributed by atoms with E-state index in [0.29, 0.717) is 5.56 Å². The molecule has 4 rings (SSSR count). The average Bonchev–Trinajstić information content (AvgIpc) is 2.92. The number of carbonyl (C=O) groups excluding carboxylic acids is 2. The SMILES string of the molecule is Cc1ccc([C@@H](C)NC(=O)CN2C(=O)c3cccc4cccc2c34)cc1C. The van der Waals surface area contributed by atoms with Crippen LogP contribution in [0.2, 0.25) is 0 Å². The van der Waals surface area contributed by atoms with Crippen molar-refractivity contribution in [3.8, 4) is 0 Å². The number of nitrogens with zero attached hydrogens (tertiary/aromatic N) is 1. The molecule has 136 valence electrons. The van der Waals surface area contributed by atoms with Crippen molar-refractivity contribution < 1.29 is 9.59 Å². The van der Waals surface area contributed by atoms with Crippen LogP contribution in [-0.4, -0.2) is 18.4 Å². The molecular formula is C23H22N2O2. The van der Waals surface area contributed by atoms with Gasteiger partial charge in [-0.15, -0.1) is 0 Å². The first-order valence-electron chi connectivity index (χ1n) is 9.16. The van der Waals surface area contributed by atoms with Gasteiger partial charge in [-0.1, -0.05) is 42.5 Å². The zero-order chi connectivity index (χ0) is 19.1. The number of anilines is 1. The number of benzene rings is 3. The summed E-state index contributed by atoms with van der Waals surface area (Å²) < 4.78 is 0. The van der Waals surface area contributed by atoms with E-state index < -0.39 is 0 Å². The third-order valence-electron chi connectivity index (χ3n) is 5.36. The van der Waals surface area contributed by atoms with Crippen LogP contribution < -0.4 is 10.2 Å². The Morgan fingerprint density at radius 1 is 1.04 bits per heavy atom. The summed E-state index contributed by atoms with van der Waals surface area (Å²) in [5.41, 5.74) is 4.96. The third-order valence-corrected chi connectivity index (χ3v) is 5.36. The van der Waals surface area contributed by atoms with E-state index >= 15 is 0 Å². The van der Waals surface area contributed by atoms with Gasteiger partial charge in [0.25, 0.3) is 5.91 Å². The van der Waals surface area contributed by atoms with Crippen LogP contribution in [0.25, 0.3) is 10.8 Å². The van der Waals surface area contributed by atoms with Crippen molar-refractivity contribution in [2.45, 2.75) is 26.8 Å². The molecule has 1 heterocycles. The van der Waals surface area contributed by atoms with E-state index in [1.165, 1.54) is 11.1 Å². The summed E-state index contributed by atoms with van der Waals surface area (Å²) in [6.07, 6.45) is 0. The lowest BCUT2D eigenvalue weighted by Crippen LogP contribution is -2.39. The van der Waals surface area contributed by atoms with Crippen molar-refractivity contribution in [3.05, 3.63) is 76.9 Å². The number of hydrogen-bond donors (Lipinski definition) is 1. The van der Waals surface area contributed by atoms with E-state index in [1.807, 2.05) is 49.4 Å². The van der Waals surface area contributed by atoms with Crippen LogP contribution in [0.3, 0.4) is 0 Å². The Morgan fingerprint density at radius 2 is 1.78 bits per heavy atom. The van der Waals surface area contributed by atoms with Gasteiger partial charge < -0.3 is 5.32 Å². The van der Waals surface area contributed by atoms with Gasteiger partial charge in [-0.25, -0.2) is 0 Å². The molecule has 1 N–H and O–H groups in total. The molecule has 1 aliphatic heterocycles. The molecule has 0 fully saturated rings. The highest BCUT2D eigenvalue weighted by Gasteiger charge is 2.31. The van der Waals surface area contributed by atoms with Crippen LogP contribution in [-0.2, 0) is 4.79 Å². The van der Waals surface area contributed by atoms with Gasteiger partial charge in [0.2, 0.25) is 5.91 Å². The van der Waals surface area contributed by atoms with E-state index in [4.69, 9.17) is 0 Å². The van der Waals surface area contributed by atoms with Gasteiger partial charge in [-0.05, 0) is 55.0 Å². The van der Waals surface area contributed by atoms with Crippen molar-refractivity contribution in [2.75, 3.05) is 11.4 Å². The Hall–Kier alpha value is -3.14. The fourth-order valence-electron chi connectivity index (χ4n) is 3.68. The summed E-state index contributed by atoms with van der Waals surface area (Å²) >= 11 is 0. The lowest BCUT2D eigenvalue weighted by atomic mass is 10.0. The van der Waals surface area contributed by atoms with Crippen LogP contribution >= 0.6 is 0 Å². The first-order valence-corrected chi connectivity index (χ1v) is 9.16.